The van der Waals surface area contributed by atoms with Crippen molar-refractivity contribution in [3.05, 3.63) is 53.3 Å². The number of hydrogen-bond donors (Lipinski definition) is 2. The lowest BCUT2D eigenvalue weighted by Crippen LogP contribution is -2.61. The van der Waals surface area contributed by atoms with Crippen molar-refractivity contribution in [1.82, 2.24) is 14.7 Å². The second-order valence-corrected chi connectivity index (χ2v) is 11.0. The highest BCUT2D eigenvalue weighted by Crippen LogP contribution is 2.52. The highest BCUT2D eigenvalue weighted by molar-refractivity contribution is 6.35. The van der Waals surface area contributed by atoms with Crippen molar-refractivity contribution >= 4 is 29.0 Å². The van der Waals surface area contributed by atoms with Crippen LogP contribution in [0.2, 0.25) is 5.02 Å². The Morgan fingerprint density at radius 2 is 2.03 bits per heavy atom. The molecule has 39 heavy (non-hydrogen) atoms. The Kier molecular flexibility index (Phi) is 7.21. The number of nitrogens with zero attached hydrogens (tertiary/aromatic N) is 5. The van der Waals surface area contributed by atoms with Gasteiger partial charge >= 0.3 is 0 Å². The van der Waals surface area contributed by atoms with E-state index >= 15 is 4.39 Å². The van der Waals surface area contributed by atoms with Gasteiger partial charge in [0.1, 0.15) is 24.0 Å². The minimum absolute atomic E-state index is 0.0663. The van der Waals surface area contributed by atoms with Crippen LogP contribution in [0.15, 0.2) is 41.9 Å². The summed E-state index contributed by atoms with van der Waals surface area (Å²) in [6.45, 7) is 9.24. The number of phenols is 1. The zero-order valence-corrected chi connectivity index (χ0v) is 23.2. The second kappa shape index (κ2) is 10.3. The molecule has 5 rings (SSSR count). The minimum Gasteiger partial charge on any atom is -0.507 e. The largest absolute Gasteiger partial charge is 0.507 e. The van der Waals surface area contributed by atoms with E-state index in [1.54, 1.807) is 15.9 Å². The first-order chi connectivity index (χ1) is 18.5. The van der Waals surface area contributed by atoms with E-state index in [2.05, 4.69) is 11.5 Å². The molecule has 0 aliphatic carbocycles. The summed E-state index contributed by atoms with van der Waals surface area (Å²) in [6.07, 6.45) is 0.0760. The third-order valence-corrected chi connectivity index (χ3v) is 7.84. The maximum atomic E-state index is 15.1. The van der Waals surface area contributed by atoms with Crippen molar-refractivity contribution in [3.63, 3.8) is 0 Å². The molecule has 1 unspecified atom stereocenters. The molecule has 2 N–H and O–H groups in total. The number of halogens is 2. The van der Waals surface area contributed by atoms with E-state index in [0.717, 1.165) is 0 Å². The van der Waals surface area contributed by atoms with E-state index in [1.165, 1.54) is 24.3 Å². The fourth-order valence-electron chi connectivity index (χ4n) is 5.80. The molecule has 2 aromatic carbocycles. The number of piperazine rings is 1. The third-order valence-electron chi connectivity index (χ3n) is 7.54. The summed E-state index contributed by atoms with van der Waals surface area (Å²) < 4.78 is 21.4. The van der Waals surface area contributed by atoms with Gasteiger partial charge in [-0.25, -0.2) is 9.38 Å². The normalized spacial score (nSPS) is 24.3. The smallest absolute Gasteiger partial charge is 0.246 e. The van der Waals surface area contributed by atoms with Crippen molar-refractivity contribution < 1.29 is 24.1 Å². The number of ether oxygens (including phenoxy) is 1. The molecule has 0 saturated carbocycles. The fourth-order valence-corrected chi connectivity index (χ4v) is 6.09. The van der Waals surface area contributed by atoms with Crippen LogP contribution in [0, 0.1) is 5.82 Å². The summed E-state index contributed by atoms with van der Waals surface area (Å²) in [5.74, 6) is -0.259. The van der Waals surface area contributed by atoms with Crippen LogP contribution >= 0.6 is 11.6 Å². The number of amidine groups is 1. The Morgan fingerprint density at radius 3 is 2.69 bits per heavy atom. The molecule has 4 atom stereocenters. The van der Waals surface area contributed by atoms with Gasteiger partial charge in [-0.05, 0) is 52.2 Å². The molecule has 3 aliphatic heterocycles. The Morgan fingerprint density at radius 1 is 1.28 bits per heavy atom. The maximum Gasteiger partial charge on any atom is 0.246 e. The average Bonchev–Trinajstić information content (AvgIpc) is 2.88. The summed E-state index contributed by atoms with van der Waals surface area (Å²) in [4.78, 5) is 24.7. The molecule has 1 amide bonds. The molecule has 0 aromatic heterocycles. The predicted octanol–water partition coefficient (Wildman–Crippen LogP) is 3.12. The van der Waals surface area contributed by atoms with Crippen LogP contribution < -0.4 is 9.64 Å². The summed E-state index contributed by atoms with van der Waals surface area (Å²) in [5.41, 5.74) is 1.32. The number of hydrogen-bond acceptors (Lipinski definition) is 8. The number of phenolic OH excluding ortho intramolecular Hbond substituents is 1. The van der Waals surface area contributed by atoms with Gasteiger partial charge in [-0.1, -0.05) is 24.2 Å². The molecule has 0 spiro atoms. The highest BCUT2D eigenvalue weighted by atomic mass is 35.5. The lowest BCUT2D eigenvalue weighted by atomic mass is 9.94. The number of benzene rings is 2. The number of carbonyl (C=O) groups excluding carboxylic acids is 1. The molecule has 11 heteroatoms. The number of aliphatic imine (C=N–C) groups is 1. The number of aliphatic hydroxyl groups is 1. The van der Waals surface area contributed by atoms with E-state index in [1.807, 2.05) is 32.8 Å². The molecule has 2 aromatic rings. The van der Waals surface area contributed by atoms with Crippen molar-refractivity contribution in [3.8, 4) is 22.6 Å². The molecule has 3 aliphatic rings. The molecule has 3 heterocycles. The van der Waals surface area contributed by atoms with Gasteiger partial charge in [-0.3, -0.25) is 4.79 Å². The lowest BCUT2D eigenvalue weighted by molar-refractivity contribution is -0.130. The Hall–Kier alpha value is -3.34. The van der Waals surface area contributed by atoms with Crippen molar-refractivity contribution in [2.24, 2.45) is 4.99 Å². The van der Waals surface area contributed by atoms with E-state index in [0.29, 0.717) is 36.7 Å². The Bertz CT molecular complexity index is 1330. The summed E-state index contributed by atoms with van der Waals surface area (Å²) in [7, 11) is 3.86. The molecule has 0 bridgehead atoms. The lowest BCUT2D eigenvalue weighted by Gasteiger charge is -2.49. The van der Waals surface area contributed by atoms with Gasteiger partial charge in [-0.2, -0.15) is 0 Å². The van der Waals surface area contributed by atoms with Gasteiger partial charge in [0.2, 0.25) is 12.3 Å². The number of aliphatic hydroxyl groups excluding tert-OH is 1. The first-order valence-corrected chi connectivity index (χ1v) is 13.3. The van der Waals surface area contributed by atoms with Gasteiger partial charge in [0.05, 0.1) is 27.9 Å². The summed E-state index contributed by atoms with van der Waals surface area (Å²) >= 11 is 6.82. The van der Waals surface area contributed by atoms with Crippen LogP contribution in [0.5, 0.6) is 11.5 Å². The zero-order valence-electron chi connectivity index (χ0n) is 22.4. The third kappa shape index (κ3) is 4.60. The SMILES string of the molecule is C=CC(=O)N1C[C@H](C)N(C2=NC(O)N3c4c2cc(Cl)c(-c2c(O)cccc2F)c4OC[C@@H]3CN(C)C)C[C@H]1C. The van der Waals surface area contributed by atoms with Gasteiger partial charge in [0, 0.05) is 37.3 Å². The van der Waals surface area contributed by atoms with E-state index in [9.17, 15) is 15.0 Å². The summed E-state index contributed by atoms with van der Waals surface area (Å²) in [6, 6.07) is 5.23. The highest BCUT2D eigenvalue weighted by Gasteiger charge is 2.44. The quantitative estimate of drug-likeness (QED) is 0.558. The number of amides is 1. The minimum atomic E-state index is -1.24. The molecule has 1 fully saturated rings. The second-order valence-electron chi connectivity index (χ2n) is 10.6. The fraction of sp³-hybridized carbons (Fsp3) is 0.429. The van der Waals surface area contributed by atoms with Gasteiger partial charge in [0.25, 0.3) is 0 Å². The van der Waals surface area contributed by atoms with Gasteiger partial charge < -0.3 is 34.5 Å². The van der Waals surface area contributed by atoms with E-state index in [4.69, 9.17) is 21.3 Å². The molecule has 9 nitrogen and oxygen atoms in total. The standard InChI is InChI=1S/C28H33ClFN5O4/c1-6-22(37)33-11-16(3)34(12-15(33)2)27-18-10-19(29)23(24-20(30)8-7-9-21(24)36)26-25(18)35(28(38)31-27)17(14-39-26)13-32(4)5/h6-10,15-17,28,36,38H,1,11-14H2,2-5H3/t15-,16+,17+,28?/m1/s1. The Balaban J connectivity index is 1.68. The van der Waals surface area contributed by atoms with Crippen LogP contribution in [0.3, 0.4) is 0 Å². The van der Waals surface area contributed by atoms with Crippen LogP contribution in [-0.2, 0) is 4.79 Å². The molecule has 1 saturated heterocycles. The van der Waals surface area contributed by atoms with Crippen molar-refractivity contribution in [1.29, 1.82) is 0 Å². The van der Waals surface area contributed by atoms with E-state index < -0.39 is 12.2 Å². The number of carbonyl (C=O) groups is 1. The first kappa shape index (κ1) is 27.2. The average molecular weight is 558 g/mol. The predicted molar refractivity (Wildman–Crippen MR) is 149 cm³/mol. The molecule has 208 valence electrons. The van der Waals surface area contributed by atoms with Crippen LogP contribution in [0.25, 0.3) is 11.1 Å². The molecular weight excluding hydrogens is 525 g/mol. The number of rotatable bonds is 4. The van der Waals surface area contributed by atoms with Crippen LogP contribution in [0.4, 0.5) is 10.1 Å². The monoisotopic (exact) mass is 557 g/mol. The van der Waals surface area contributed by atoms with Gasteiger partial charge in [0.15, 0.2) is 5.75 Å². The zero-order chi connectivity index (χ0) is 28.2. The number of likely N-dealkylation sites (N-methyl/N-ethyl adjacent to an activating group) is 1. The van der Waals surface area contributed by atoms with Gasteiger partial charge in [-0.15, -0.1) is 0 Å². The number of aromatic hydroxyl groups is 1. The first-order valence-electron chi connectivity index (χ1n) is 12.9. The van der Waals surface area contributed by atoms with E-state index in [-0.39, 0.29) is 58.3 Å². The maximum absolute atomic E-state index is 15.1. The van der Waals surface area contributed by atoms with Crippen molar-refractivity contribution in [2.75, 3.05) is 45.2 Å². The summed E-state index contributed by atoms with van der Waals surface area (Å²) in [5, 5.41) is 22.2. The topological polar surface area (TPSA) is 92.1 Å². The van der Waals surface area contributed by atoms with Crippen LogP contribution in [0.1, 0.15) is 19.4 Å². The van der Waals surface area contributed by atoms with Crippen LogP contribution in [-0.4, -0.2) is 101 Å². The molecular formula is C28H33ClFN5O4. The molecule has 0 radical (unpaired) electrons. The van der Waals surface area contributed by atoms with Crippen molar-refractivity contribution in [2.45, 2.75) is 38.3 Å². The Labute approximate surface area is 232 Å². The number of anilines is 1.